The minimum absolute atomic E-state index is 0.00486. The van der Waals surface area contributed by atoms with Crippen LogP contribution in [-0.2, 0) is 26.7 Å². The third kappa shape index (κ3) is 4.83. The summed E-state index contributed by atoms with van der Waals surface area (Å²) in [6.07, 6.45) is 3.29. The largest absolute Gasteiger partial charge is 0.355 e. The number of carbonyl (C=O) groups is 1. The molecule has 1 aliphatic rings. The molecular formula is C25H25FN2O3S. The second-order valence-electron chi connectivity index (χ2n) is 8.04. The Labute approximate surface area is 187 Å². The van der Waals surface area contributed by atoms with E-state index in [2.05, 4.69) is 22.2 Å². The predicted molar refractivity (Wildman–Crippen MR) is 122 cm³/mol. The maximum atomic E-state index is 13.9. The molecule has 1 saturated carbocycles. The third-order valence-corrected chi connectivity index (χ3v) is 7.19. The highest BCUT2D eigenvalue weighted by atomic mass is 32.2. The number of hydrogen-bond donors (Lipinski definition) is 2. The van der Waals surface area contributed by atoms with Crippen molar-refractivity contribution in [3.8, 4) is 0 Å². The van der Waals surface area contributed by atoms with E-state index in [-0.39, 0.29) is 5.91 Å². The van der Waals surface area contributed by atoms with Crippen LogP contribution in [0.15, 0.2) is 83.8 Å². The summed E-state index contributed by atoms with van der Waals surface area (Å²) in [5.41, 5.74) is 1.87. The van der Waals surface area contributed by atoms with Gasteiger partial charge in [0.05, 0.1) is 5.41 Å². The van der Waals surface area contributed by atoms with Gasteiger partial charge in [-0.25, -0.2) is 12.8 Å². The maximum absolute atomic E-state index is 13.9. The van der Waals surface area contributed by atoms with Gasteiger partial charge >= 0.3 is 0 Å². The average molecular weight is 453 g/mol. The van der Waals surface area contributed by atoms with E-state index < -0.39 is 26.2 Å². The summed E-state index contributed by atoms with van der Waals surface area (Å²) in [4.78, 5) is 12.4. The van der Waals surface area contributed by atoms with Gasteiger partial charge in [0.1, 0.15) is 10.7 Å². The highest BCUT2D eigenvalue weighted by molar-refractivity contribution is 7.92. The lowest BCUT2D eigenvalue weighted by molar-refractivity contribution is -0.123. The first kappa shape index (κ1) is 22.0. The molecule has 3 aromatic rings. The Bertz CT molecular complexity index is 1190. The van der Waals surface area contributed by atoms with Crippen molar-refractivity contribution in [1.29, 1.82) is 0 Å². The predicted octanol–water partition coefficient (Wildman–Crippen LogP) is 4.41. The van der Waals surface area contributed by atoms with Gasteiger partial charge in [0.2, 0.25) is 5.91 Å². The van der Waals surface area contributed by atoms with Crippen LogP contribution in [0.2, 0.25) is 0 Å². The van der Waals surface area contributed by atoms with Crippen LogP contribution in [0.3, 0.4) is 0 Å². The Kier molecular flexibility index (Phi) is 6.28. The van der Waals surface area contributed by atoms with E-state index in [1.165, 1.54) is 23.8 Å². The fourth-order valence-corrected chi connectivity index (χ4v) is 4.95. The molecule has 0 heterocycles. The average Bonchev–Trinajstić information content (AvgIpc) is 3.60. The van der Waals surface area contributed by atoms with E-state index in [1.54, 1.807) is 24.3 Å². The number of aryl methyl sites for hydroxylation is 1. The van der Waals surface area contributed by atoms with Crippen LogP contribution in [-0.4, -0.2) is 20.9 Å². The van der Waals surface area contributed by atoms with Gasteiger partial charge in [-0.1, -0.05) is 54.6 Å². The van der Waals surface area contributed by atoms with Gasteiger partial charge in [-0.05, 0) is 61.1 Å². The van der Waals surface area contributed by atoms with Gasteiger partial charge in [-0.2, -0.15) is 0 Å². The van der Waals surface area contributed by atoms with E-state index >= 15 is 0 Å². The molecule has 0 radical (unpaired) electrons. The Balaban J connectivity index is 1.36. The van der Waals surface area contributed by atoms with Gasteiger partial charge in [0, 0.05) is 12.2 Å². The zero-order valence-corrected chi connectivity index (χ0v) is 18.4. The number of nitrogens with one attached hydrogen (secondary N) is 2. The molecule has 0 spiro atoms. The van der Waals surface area contributed by atoms with Crippen molar-refractivity contribution in [3.05, 3.63) is 95.8 Å². The fraction of sp³-hybridized carbons (Fsp3) is 0.240. The molecule has 0 unspecified atom stereocenters. The third-order valence-electron chi connectivity index (χ3n) is 5.77. The SMILES string of the molecule is O=C(NCCCc1ccccc1)C1(c2ccc(NS(=O)(=O)c3ccccc3F)cc2)CC1. The lowest BCUT2D eigenvalue weighted by Crippen LogP contribution is -2.35. The molecule has 0 aliphatic heterocycles. The normalized spacial score (nSPS) is 14.5. The molecule has 0 saturated heterocycles. The molecule has 0 bridgehead atoms. The first-order valence-electron chi connectivity index (χ1n) is 10.6. The second-order valence-corrected chi connectivity index (χ2v) is 9.69. The van der Waals surface area contributed by atoms with Crippen LogP contribution in [0.1, 0.15) is 30.4 Å². The summed E-state index contributed by atoms with van der Waals surface area (Å²) < 4.78 is 41.2. The molecule has 7 heteroatoms. The molecule has 1 amide bonds. The first-order chi connectivity index (χ1) is 15.4. The lowest BCUT2D eigenvalue weighted by atomic mass is 9.94. The Morgan fingerprint density at radius 1 is 0.906 bits per heavy atom. The van der Waals surface area contributed by atoms with E-state index in [4.69, 9.17) is 0 Å². The summed E-state index contributed by atoms with van der Waals surface area (Å²) in [6.45, 7) is 0.607. The number of rotatable bonds is 9. The topological polar surface area (TPSA) is 75.3 Å². The number of hydrogen-bond acceptors (Lipinski definition) is 3. The van der Waals surface area contributed by atoms with Crippen molar-refractivity contribution in [2.45, 2.75) is 36.0 Å². The number of amides is 1. The summed E-state index contributed by atoms with van der Waals surface area (Å²) in [5, 5.41) is 3.04. The maximum Gasteiger partial charge on any atom is 0.264 e. The molecule has 3 aromatic carbocycles. The van der Waals surface area contributed by atoms with Crippen LogP contribution in [0, 0.1) is 5.82 Å². The summed E-state index contributed by atoms with van der Waals surface area (Å²) >= 11 is 0. The van der Waals surface area contributed by atoms with Gasteiger partial charge in [0.15, 0.2) is 0 Å². The minimum Gasteiger partial charge on any atom is -0.355 e. The molecule has 0 aromatic heterocycles. The smallest absolute Gasteiger partial charge is 0.264 e. The molecule has 1 aliphatic carbocycles. The van der Waals surface area contributed by atoms with E-state index in [9.17, 15) is 17.6 Å². The standard InChI is InChI=1S/C25H25FN2O3S/c26-22-10-4-5-11-23(22)32(30,31)28-21-14-12-20(13-15-21)25(16-17-25)24(29)27-18-6-9-19-7-2-1-3-8-19/h1-5,7-8,10-15,28H,6,9,16-18H2,(H,27,29). The number of carbonyl (C=O) groups excluding carboxylic acids is 1. The van der Waals surface area contributed by atoms with Crippen molar-refractivity contribution in [1.82, 2.24) is 5.32 Å². The van der Waals surface area contributed by atoms with Crippen LogP contribution >= 0.6 is 0 Å². The summed E-state index contributed by atoms with van der Waals surface area (Å²) in [6, 6.07) is 22.1. The molecule has 4 rings (SSSR count). The monoisotopic (exact) mass is 452 g/mol. The first-order valence-corrected chi connectivity index (χ1v) is 12.1. The molecule has 1 fully saturated rings. The zero-order valence-electron chi connectivity index (χ0n) is 17.6. The van der Waals surface area contributed by atoms with Crippen LogP contribution in [0.25, 0.3) is 0 Å². The van der Waals surface area contributed by atoms with Crippen LogP contribution in [0.4, 0.5) is 10.1 Å². The quantitative estimate of drug-likeness (QED) is 0.473. The van der Waals surface area contributed by atoms with E-state index in [0.29, 0.717) is 12.2 Å². The number of anilines is 1. The van der Waals surface area contributed by atoms with Crippen molar-refractivity contribution < 1.29 is 17.6 Å². The van der Waals surface area contributed by atoms with E-state index in [0.717, 1.165) is 37.3 Å². The fourth-order valence-electron chi connectivity index (χ4n) is 3.81. The number of benzene rings is 3. The van der Waals surface area contributed by atoms with Crippen LogP contribution < -0.4 is 10.0 Å². The molecular weight excluding hydrogens is 427 g/mol. The van der Waals surface area contributed by atoms with Crippen LogP contribution in [0.5, 0.6) is 0 Å². The Hall–Kier alpha value is -3.19. The molecule has 166 valence electrons. The van der Waals surface area contributed by atoms with Gasteiger partial charge in [-0.3, -0.25) is 9.52 Å². The van der Waals surface area contributed by atoms with Gasteiger partial charge < -0.3 is 5.32 Å². The van der Waals surface area contributed by atoms with Crippen molar-refractivity contribution >= 4 is 21.6 Å². The second kappa shape index (κ2) is 9.12. The van der Waals surface area contributed by atoms with Crippen molar-refractivity contribution in [3.63, 3.8) is 0 Å². The zero-order chi connectivity index (χ0) is 22.6. The summed E-state index contributed by atoms with van der Waals surface area (Å²) in [5.74, 6) is -0.803. The van der Waals surface area contributed by atoms with Gasteiger partial charge in [0.25, 0.3) is 10.0 Å². The Morgan fingerprint density at radius 3 is 2.22 bits per heavy atom. The highest BCUT2D eigenvalue weighted by Gasteiger charge is 2.51. The molecule has 5 nitrogen and oxygen atoms in total. The molecule has 0 atom stereocenters. The van der Waals surface area contributed by atoms with Crippen molar-refractivity contribution in [2.75, 3.05) is 11.3 Å². The number of halogens is 1. The molecule has 32 heavy (non-hydrogen) atoms. The summed E-state index contributed by atoms with van der Waals surface area (Å²) in [7, 11) is -4.04. The van der Waals surface area contributed by atoms with Gasteiger partial charge in [-0.15, -0.1) is 0 Å². The Morgan fingerprint density at radius 2 is 1.56 bits per heavy atom. The number of sulfonamides is 1. The minimum atomic E-state index is -4.04. The molecule has 2 N–H and O–H groups in total. The lowest BCUT2D eigenvalue weighted by Gasteiger charge is -2.17. The highest BCUT2D eigenvalue weighted by Crippen LogP contribution is 2.48. The van der Waals surface area contributed by atoms with Crippen molar-refractivity contribution in [2.24, 2.45) is 0 Å². The van der Waals surface area contributed by atoms with E-state index in [1.807, 2.05) is 18.2 Å².